The zero-order chi connectivity index (χ0) is 14.8. The van der Waals surface area contributed by atoms with Gasteiger partial charge in [-0.1, -0.05) is 11.8 Å². The van der Waals surface area contributed by atoms with E-state index in [0.29, 0.717) is 15.9 Å². The highest BCUT2D eigenvalue weighted by Crippen LogP contribution is 2.33. The Balaban J connectivity index is 2.06. The van der Waals surface area contributed by atoms with E-state index in [0.717, 1.165) is 4.90 Å². The summed E-state index contributed by atoms with van der Waals surface area (Å²) in [6.07, 6.45) is 1.43. The van der Waals surface area contributed by atoms with E-state index in [4.69, 9.17) is 0 Å². The Morgan fingerprint density at radius 1 is 1.10 bits per heavy atom. The standard InChI is InChI=1S/C14H9N3O3S/c18-10-2-4-11(5-3-10)21-14-12-7-9(17(19)20)1-6-13(12)15-8-16-14/h1-8,18H. The summed E-state index contributed by atoms with van der Waals surface area (Å²) in [6.45, 7) is 0. The molecule has 1 heterocycles. The van der Waals surface area contributed by atoms with Gasteiger partial charge >= 0.3 is 0 Å². The molecule has 2 aromatic carbocycles. The Morgan fingerprint density at radius 2 is 1.86 bits per heavy atom. The number of hydrogen-bond acceptors (Lipinski definition) is 6. The van der Waals surface area contributed by atoms with Crippen LogP contribution in [-0.2, 0) is 0 Å². The normalized spacial score (nSPS) is 10.7. The van der Waals surface area contributed by atoms with Gasteiger partial charge in [0, 0.05) is 22.4 Å². The van der Waals surface area contributed by atoms with Gasteiger partial charge in [0.2, 0.25) is 0 Å². The molecule has 0 bridgehead atoms. The number of non-ortho nitro benzene ring substituents is 1. The van der Waals surface area contributed by atoms with Gasteiger partial charge in [0.15, 0.2) is 0 Å². The first-order chi connectivity index (χ1) is 10.1. The second-order valence-corrected chi connectivity index (χ2v) is 5.30. The Bertz CT molecular complexity index is 821. The molecule has 0 aliphatic rings. The van der Waals surface area contributed by atoms with Crippen LogP contribution in [0.15, 0.2) is 58.7 Å². The van der Waals surface area contributed by atoms with Crippen LogP contribution in [-0.4, -0.2) is 20.0 Å². The van der Waals surface area contributed by atoms with Crippen LogP contribution in [0.25, 0.3) is 10.9 Å². The Morgan fingerprint density at radius 3 is 2.57 bits per heavy atom. The molecular weight excluding hydrogens is 290 g/mol. The van der Waals surface area contributed by atoms with Crippen LogP contribution in [0.4, 0.5) is 5.69 Å². The predicted molar refractivity (Wildman–Crippen MR) is 78.4 cm³/mol. The van der Waals surface area contributed by atoms with Gasteiger partial charge < -0.3 is 5.11 Å². The predicted octanol–water partition coefficient (Wildman–Crippen LogP) is 3.39. The van der Waals surface area contributed by atoms with Gasteiger partial charge in [-0.3, -0.25) is 10.1 Å². The number of aromatic nitrogens is 2. The molecule has 1 aromatic heterocycles. The Labute approximate surface area is 123 Å². The molecule has 0 saturated carbocycles. The molecule has 104 valence electrons. The highest BCUT2D eigenvalue weighted by molar-refractivity contribution is 7.99. The molecule has 0 fully saturated rings. The molecule has 0 aliphatic heterocycles. The van der Waals surface area contributed by atoms with Crippen molar-refractivity contribution in [1.29, 1.82) is 0 Å². The molecule has 6 nitrogen and oxygen atoms in total. The lowest BCUT2D eigenvalue weighted by atomic mass is 10.2. The van der Waals surface area contributed by atoms with E-state index >= 15 is 0 Å². The van der Waals surface area contributed by atoms with Gasteiger partial charge in [0.25, 0.3) is 5.69 Å². The molecule has 3 aromatic rings. The van der Waals surface area contributed by atoms with E-state index in [1.54, 1.807) is 30.3 Å². The Kier molecular flexibility index (Phi) is 3.41. The fourth-order valence-electron chi connectivity index (χ4n) is 1.84. The van der Waals surface area contributed by atoms with Crippen LogP contribution in [0.2, 0.25) is 0 Å². The van der Waals surface area contributed by atoms with Crippen LogP contribution in [0.1, 0.15) is 0 Å². The van der Waals surface area contributed by atoms with Crippen molar-refractivity contribution >= 4 is 28.4 Å². The first-order valence-electron chi connectivity index (χ1n) is 5.99. The van der Waals surface area contributed by atoms with E-state index in [1.807, 2.05) is 0 Å². The molecule has 3 rings (SSSR count). The molecule has 7 heteroatoms. The third-order valence-corrected chi connectivity index (χ3v) is 3.87. The minimum absolute atomic E-state index is 0.00450. The van der Waals surface area contributed by atoms with Gasteiger partial charge in [-0.2, -0.15) is 0 Å². The van der Waals surface area contributed by atoms with Gasteiger partial charge in [-0.25, -0.2) is 9.97 Å². The lowest BCUT2D eigenvalue weighted by Crippen LogP contribution is -1.91. The second kappa shape index (κ2) is 5.37. The zero-order valence-corrected chi connectivity index (χ0v) is 11.4. The average Bonchev–Trinajstić information content (AvgIpc) is 2.49. The van der Waals surface area contributed by atoms with Crippen LogP contribution in [0, 0.1) is 10.1 Å². The average molecular weight is 299 g/mol. The summed E-state index contributed by atoms with van der Waals surface area (Å²) in [4.78, 5) is 19.6. The number of nitrogens with zero attached hydrogens (tertiary/aromatic N) is 3. The number of phenols is 1. The molecule has 0 spiro atoms. The number of aromatic hydroxyl groups is 1. The zero-order valence-electron chi connectivity index (χ0n) is 10.6. The van der Waals surface area contributed by atoms with Gasteiger partial charge in [-0.15, -0.1) is 0 Å². The maximum atomic E-state index is 10.9. The maximum Gasteiger partial charge on any atom is 0.270 e. The summed E-state index contributed by atoms with van der Waals surface area (Å²) < 4.78 is 0. The molecule has 0 atom stereocenters. The molecular formula is C14H9N3O3S. The number of hydrogen-bond donors (Lipinski definition) is 1. The smallest absolute Gasteiger partial charge is 0.270 e. The lowest BCUT2D eigenvalue weighted by Gasteiger charge is -2.04. The van der Waals surface area contributed by atoms with E-state index in [9.17, 15) is 15.2 Å². The number of nitro groups is 1. The molecule has 0 aliphatic carbocycles. The van der Waals surface area contributed by atoms with Gasteiger partial charge in [0.05, 0.1) is 10.4 Å². The number of rotatable bonds is 3. The van der Waals surface area contributed by atoms with Crippen LogP contribution >= 0.6 is 11.8 Å². The van der Waals surface area contributed by atoms with E-state index in [2.05, 4.69) is 9.97 Å². The highest BCUT2D eigenvalue weighted by atomic mass is 32.2. The van der Waals surface area contributed by atoms with Crippen molar-refractivity contribution in [2.75, 3.05) is 0 Å². The summed E-state index contributed by atoms with van der Waals surface area (Å²) in [7, 11) is 0. The molecule has 0 amide bonds. The summed E-state index contributed by atoms with van der Waals surface area (Å²) in [5.41, 5.74) is 0.654. The summed E-state index contributed by atoms with van der Waals surface area (Å²) in [5.74, 6) is 0.183. The van der Waals surface area contributed by atoms with Crippen molar-refractivity contribution in [2.24, 2.45) is 0 Å². The first kappa shape index (κ1) is 13.3. The van der Waals surface area contributed by atoms with Crippen molar-refractivity contribution < 1.29 is 10.0 Å². The van der Waals surface area contributed by atoms with E-state index in [-0.39, 0.29) is 11.4 Å². The largest absolute Gasteiger partial charge is 0.508 e. The lowest BCUT2D eigenvalue weighted by molar-refractivity contribution is -0.384. The van der Waals surface area contributed by atoms with Crippen molar-refractivity contribution in [3.05, 3.63) is 58.9 Å². The molecule has 21 heavy (non-hydrogen) atoms. The quantitative estimate of drug-likeness (QED) is 0.453. The maximum absolute atomic E-state index is 10.9. The topological polar surface area (TPSA) is 89.2 Å². The molecule has 1 N–H and O–H groups in total. The fraction of sp³-hybridized carbons (Fsp3) is 0. The number of nitro benzene ring substituents is 1. The fourth-order valence-corrected chi connectivity index (χ4v) is 2.71. The minimum Gasteiger partial charge on any atom is -0.508 e. The third kappa shape index (κ3) is 2.77. The third-order valence-electron chi connectivity index (χ3n) is 2.84. The van der Waals surface area contributed by atoms with Crippen molar-refractivity contribution in [2.45, 2.75) is 9.92 Å². The minimum atomic E-state index is -0.443. The summed E-state index contributed by atoms with van der Waals surface area (Å²) >= 11 is 1.36. The number of fused-ring (bicyclic) bond motifs is 1. The van der Waals surface area contributed by atoms with E-state index in [1.165, 1.54) is 30.2 Å². The van der Waals surface area contributed by atoms with E-state index < -0.39 is 4.92 Å². The SMILES string of the molecule is O=[N+]([O-])c1ccc2ncnc(Sc3ccc(O)cc3)c2c1. The number of phenolic OH excluding ortho intramolecular Hbond substituents is 1. The highest BCUT2D eigenvalue weighted by Gasteiger charge is 2.11. The Hall–Kier alpha value is -2.67. The first-order valence-corrected chi connectivity index (χ1v) is 6.81. The summed E-state index contributed by atoms with van der Waals surface area (Å²) in [5, 5.41) is 21.4. The van der Waals surface area contributed by atoms with Gasteiger partial charge in [0.1, 0.15) is 17.1 Å². The van der Waals surface area contributed by atoms with Crippen molar-refractivity contribution in [1.82, 2.24) is 9.97 Å². The van der Waals surface area contributed by atoms with Crippen LogP contribution < -0.4 is 0 Å². The molecule has 0 unspecified atom stereocenters. The van der Waals surface area contributed by atoms with Crippen molar-refractivity contribution in [3.63, 3.8) is 0 Å². The molecule has 0 saturated heterocycles. The molecule has 0 radical (unpaired) electrons. The monoisotopic (exact) mass is 299 g/mol. The number of benzene rings is 2. The van der Waals surface area contributed by atoms with Crippen LogP contribution in [0.5, 0.6) is 5.75 Å². The van der Waals surface area contributed by atoms with Crippen molar-refractivity contribution in [3.8, 4) is 5.75 Å². The second-order valence-electron chi connectivity index (χ2n) is 4.23. The van der Waals surface area contributed by atoms with Gasteiger partial charge in [-0.05, 0) is 30.3 Å². The van der Waals surface area contributed by atoms with Crippen LogP contribution in [0.3, 0.4) is 0 Å². The summed E-state index contributed by atoms with van der Waals surface area (Å²) in [6, 6.07) is 11.2.